The zero-order chi connectivity index (χ0) is 18.6. The van der Waals surface area contributed by atoms with E-state index in [9.17, 15) is 4.79 Å². The standard InChI is InChI=1S/C21H16N2O4/c1-25-19-5-3-2-4-15(19)12-18-17-7-6-16(13-20(17)27-23-18)26-21(24)14-8-10-22-11-9-14/h2-11,13H,12H2,1H3. The first-order chi connectivity index (χ1) is 13.2. The lowest BCUT2D eigenvalue weighted by molar-refractivity contribution is 0.0735. The monoisotopic (exact) mass is 360 g/mol. The second-order valence-electron chi connectivity index (χ2n) is 5.90. The van der Waals surface area contributed by atoms with Gasteiger partial charge in [-0.15, -0.1) is 0 Å². The molecule has 0 aliphatic rings. The zero-order valence-electron chi connectivity index (χ0n) is 14.6. The van der Waals surface area contributed by atoms with E-state index < -0.39 is 5.97 Å². The van der Waals surface area contributed by atoms with Crippen molar-refractivity contribution in [3.8, 4) is 11.5 Å². The SMILES string of the molecule is COc1ccccc1Cc1noc2cc(OC(=O)c3ccncc3)ccc12. The van der Waals surface area contributed by atoms with Crippen LogP contribution in [-0.4, -0.2) is 23.2 Å². The molecule has 27 heavy (non-hydrogen) atoms. The number of rotatable bonds is 5. The van der Waals surface area contributed by atoms with Gasteiger partial charge in [0, 0.05) is 35.8 Å². The van der Waals surface area contributed by atoms with Gasteiger partial charge in [0.05, 0.1) is 18.4 Å². The van der Waals surface area contributed by atoms with Crippen LogP contribution in [0, 0.1) is 0 Å². The number of ether oxygens (including phenoxy) is 2. The summed E-state index contributed by atoms with van der Waals surface area (Å²) >= 11 is 0. The summed E-state index contributed by atoms with van der Waals surface area (Å²) in [4.78, 5) is 16.0. The second kappa shape index (κ2) is 7.29. The first kappa shape index (κ1) is 16.8. The minimum atomic E-state index is -0.453. The maximum absolute atomic E-state index is 12.2. The van der Waals surface area contributed by atoms with Crippen molar-refractivity contribution in [2.24, 2.45) is 0 Å². The van der Waals surface area contributed by atoms with Crippen LogP contribution < -0.4 is 9.47 Å². The Labute approximate surface area is 155 Å². The minimum Gasteiger partial charge on any atom is -0.496 e. The summed E-state index contributed by atoms with van der Waals surface area (Å²) in [6.45, 7) is 0. The van der Waals surface area contributed by atoms with Crippen LogP contribution in [0.3, 0.4) is 0 Å². The number of carbonyl (C=O) groups is 1. The fraction of sp³-hybridized carbons (Fsp3) is 0.0952. The smallest absolute Gasteiger partial charge is 0.343 e. The van der Waals surface area contributed by atoms with Gasteiger partial charge in [-0.2, -0.15) is 0 Å². The molecule has 0 bridgehead atoms. The van der Waals surface area contributed by atoms with Crippen molar-refractivity contribution < 1.29 is 18.8 Å². The quantitative estimate of drug-likeness (QED) is 0.395. The number of pyridine rings is 1. The minimum absolute atomic E-state index is 0.393. The van der Waals surface area contributed by atoms with E-state index in [0.29, 0.717) is 23.3 Å². The van der Waals surface area contributed by atoms with Crippen LogP contribution >= 0.6 is 0 Å². The summed E-state index contributed by atoms with van der Waals surface area (Å²) in [6.07, 6.45) is 3.66. The van der Waals surface area contributed by atoms with Crippen molar-refractivity contribution in [1.29, 1.82) is 0 Å². The Morgan fingerprint density at radius 2 is 1.89 bits per heavy atom. The van der Waals surface area contributed by atoms with E-state index in [0.717, 1.165) is 22.4 Å². The van der Waals surface area contributed by atoms with Gasteiger partial charge in [-0.1, -0.05) is 23.4 Å². The lowest BCUT2D eigenvalue weighted by Gasteiger charge is -2.06. The molecular weight excluding hydrogens is 344 g/mol. The molecule has 2 aromatic carbocycles. The van der Waals surface area contributed by atoms with Gasteiger partial charge < -0.3 is 14.0 Å². The molecule has 0 radical (unpaired) electrons. The Bertz CT molecular complexity index is 1090. The van der Waals surface area contributed by atoms with Crippen molar-refractivity contribution in [3.05, 3.63) is 83.8 Å². The van der Waals surface area contributed by atoms with E-state index in [1.165, 1.54) is 0 Å². The highest BCUT2D eigenvalue weighted by atomic mass is 16.5. The predicted molar refractivity (Wildman–Crippen MR) is 99.0 cm³/mol. The third-order valence-electron chi connectivity index (χ3n) is 4.20. The van der Waals surface area contributed by atoms with E-state index in [2.05, 4.69) is 10.1 Å². The van der Waals surface area contributed by atoms with E-state index in [1.54, 1.807) is 43.8 Å². The number of methoxy groups -OCH3 is 1. The van der Waals surface area contributed by atoms with Crippen molar-refractivity contribution in [2.45, 2.75) is 6.42 Å². The summed E-state index contributed by atoms with van der Waals surface area (Å²) in [5.41, 5.74) is 2.80. The van der Waals surface area contributed by atoms with E-state index in [4.69, 9.17) is 14.0 Å². The van der Waals surface area contributed by atoms with Crippen LogP contribution in [-0.2, 0) is 6.42 Å². The first-order valence-electron chi connectivity index (χ1n) is 8.37. The molecule has 0 unspecified atom stereocenters. The Morgan fingerprint density at radius 1 is 1.07 bits per heavy atom. The van der Waals surface area contributed by atoms with E-state index in [-0.39, 0.29) is 0 Å². The molecule has 0 aliphatic heterocycles. The van der Waals surface area contributed by atoms with Crippen molar-refractivity contribution in [3.63, 3.8) is 0 Å². The number of nitrogens with zero attached hydrogens (tertiary/aromatic N) is 2. The molecule has 0 fully saturated rings. The molecule has 0 atom stereocenters. The molecule has 6 nitrogen and oxygen atoms in total. The third-order valence-corrected chi connectivity index (χ3v) is 4.20. The van der Waals surface area contributed by atoms with Crippen LogP contribution in [0.2, 0.25) is 0 Å². The molecule has 0 N–H and O–H groups in total. The summed E-state index contributed by atoms with van der Waals surface area (Å²) in [7, 11) is 1.64. The molecule has 2 heterocycles. The van der Waals surface area contributed by atoms with Crippen LogP contribution in [0.25, 0.3) is 11.0 Å². The van der Waals surface area contributed by atoms with Gasteiger partial charge in [0.2, 0.25) is 0 Å². The van der Waals surface area contributed by atoms with E-state index >= 15 is 0 Å². The number of hydrogen-bond acceptors (Lipinski definition) is 6. The van der Waals surface area contributed by atoms with E-state index in [1.807, 2.05) is 30.3 Å². The largest absolute Gasteiger partial charge is 0.496 e. The van der Waals surface area contributed by atoms with Gasteiger partial charge >= 0.3 is 5.97 Å². The number of para-hydroxylation sites is 1. The van der Waals surface area contributed by atoms with Crippen LogP contribution in [0.1, 0.15) is 21.6 Å². The van der Waals surface area contributed by atoms with Crippen LogP contribution in [0.4, 0.5) is 0 Å². The van der Waals surface area contributed by atoms with Gasteiger partial charge in [0.1, 0.15) is 11.5 Å². The van der Waals surface area contributed by atoms with Gasteiger partial charge in [-0.05, 0) is 30.3 Å². The molecule has 2 aromatic heterocycles. The molecule has 6 heteroatoms. The predicted octanol–water partition coefficient (Wildman–Crippen LogP) is 4.04. The highest BCUT2D eigenvalue weighted by molar-refractivity contribution is 5.91. The molecule has 134 valence electrons. The van der Waals surface area contributed by atoms with Gasteiger partial charge in [-0.3, -0.25) is 4.98 Å². The zero-order valence-corrected chi connectivity index (χ0v) is 14.6. The molecule has 0 saturated carbocycles. The lowest BCUT2D eigenvalue weighted by Crippen LogP contribution is -2.08. The number of fused-ring (bicyclic) bond motifs is 1. The highest BCUT2D eigenvalue weighted by Crippen LogP contribution is 2.28. The van der Waals surface area contributed by atoms with Crippen molar-refractivity contribution >= 4 is 16.9 Å². The first-order valence-corrected chi connectivity index (χ1v) is 8.37. The number of hydrogen-bond donors (Lipinski definition) is 0. The van der Waals surface area contributed by atoms with Crippen LogP contribution in [0.5, 0.6) is 11.5 Å². The Hall–Kier alpha value is -3.67. The fourth-order valence-corrected chi connectivity index (χ4v) is 2.84. The average molecular weight is 360 g/mol. The second-order valence-corrected chi connectivity index (χ2v) is 5.90. The molecule has 4 rings (SSSR count). The normalized spacial score (nSPS) is 10.7. The molecule has 0 amide bonds. The summed E-state index contributed by atoms with van der Waals surface area (Å²) in [6, 6.07) is 16.2. The van der Waals surface area contributed by atoms with Gasteiger partial charge in [0.15, 0.2) is 5.58 Å². The molecule has 4 aromatic rings. The third kappa shape index (κ3) is 3.50. The molecule has 0 saturated heterocycles. The molecular formula is C21H16N2O4. The number of benzene rings is 2. The number of esters is 1. The Kier molecular flexibility index (Phi) is 4.53. The Balaban J connectivity index is 1.57. The summed E-state index contributed by atoms with van der Waals surface area (Å²) < 4.78 is 16.2. The maximum atomic E-state index is 12.2. The number of carbonyl (C=O) groups excluding carboxylic acids is 1. The number of aromatic nitrogens is 2. The van der Waals surface area contributed by atoms with Crippen LogP contribution in [0.15, 0.2) is 71.5 Å². The maximum Gasteiger partial charge on any atom is 0.343 e. The average Bonchev–Trinajstić information content (AvgIpc) is 3.11. The van der Waals surface area contributed by atoms with Crippen molar-refractivity contribution in [1.82, 2.24) is 10.1 Å². The topological polar surface area (TPSA) is 74.5 Å². The fourth-order valence-electron chi connectivity index (χ4n) is 2.84. The molecule has 0 spiro atoms. The molecule has 0 aliphatic carbocycles. The van der Waals surface area contributed by atoms with Gasteiger partial charge in [-0.25, -0.2) is 4.79 Å². The highest BCUT2D eigenvalue weighted by Gasteiger charge is 2.14. The van der Waals surface area contributed by atoms with Gasteiger partial charge in [0.25, 0.3) is 0 Å². The summed E-state index contributed by atoms with van der Waals surface area (Å²) in [5.74, 6) is 0.742. The summed E-state index contributed by atoms with van der Waals surface area (Å²) in [5, 5.41) is 5.03. The van der Waals surface area contributed by atoms with Crippen molar-refractivity contribution in [2.75, 3.05) is 7.11 Å². The Morgan fingerprint density at radius 3 is 2.70 bits per heavy atom. The lowest BCUT2D eigenvalue weighted by atomic mass is 10.1.